The number of aryl methyl sites for hydroxylation is 2. The van der Waals surface area contributed by atoms with Crippen LogP contribution in [0.5, 0.6) is 5.75 Å². The number of nitrogens with two attached hydrogens (primary N) is 1. The molecule has 0 saturated carbocycles. The third kappa shape index (κ3) is 2.70. The van der Waals surface area contributed by atoms with E-state index in [0.717, 1.165) is 15.6 Å². The van der Waals surface area contributed by atoms with Gasteiger partial charge in [-0.15, -0.1) is 0 Å². The number of halogens is 1. The average molecular weight is 334 g/mol. The van der Waals surface area contributed by atoms with E-state index in [1.165, 1.54) is 0 Å². The summed E-state index contributed by atoms with van der Waals surface area (Å²) < 4.78 is 6.18. The maximum Gasteiger partial charge on any atom is 0.198 e. The highest BCUT2D eigenvalue weighted by molar-refractivity contribution is 9.10. The van der Waals surface area contributed by atoms with E-state index in [-0.39, 0.29) is 5.78 Å². The first-order valence-corrected chi connectivity index (χ1v) is 6.98. The number of benzene rings is 2. The van der Waals surface area contributed by atoms with E-state index >= 15 is 0 Å². The topological polar surface area (TPSA) is 52.3 Å². The zero-order valence-electron chi connectivity index (χ0n) is 11.7. The standard InChI is InChI=1S/C16H16BrNO2/c1-9-4-5-14(18)11(6-9)16(19)12-8-13(17)10(2)7-15(12)20-3/h4-8H,18H2,1-3H3. The maximum absolute atomic E-state index is 12.7. The minimum atomic E-state index is -0.135. The minimum absolute atomic E-state index is 0.135. The molecule has 0 spiro atoms. The first-order valence-electron chi connectivity index (χ1n) is 6.19. The highest BCUT2D eigenvalue weighted by Gasteiger charge is 2.18. The van der Waals surface area contributed by atoms with Gasteiger partial charge in [-0.2, -0.15) is 0 Å². The van der Waals surface area contributed by atoms with Gasteiger partial charge in [0.05, 0.1) is 12.7 Å². The average Bonchev–Trinajstić information content (AvgIpc) is 2.43. The van der Waals surface area contributed by atoms with Crippen molar-refractivity contribution in [3.63, 3.8) is 0 Å². The van der Waals surface area contributed by atoms with Gasteiger partial charge in [-0.1, -0.05) is 27.6 Å². The molecule has 0 heterocycles. The predicted molar refractivity (Wildman–Crippen MR) is 84.5 cm³/mol. The lowest BCUT2D eigenvalue weighted by molar-refractivity contribution is 0.103. The molecule has 4 heteroatoms. The van der Waals surface area contributed by atoms with Crippen molar-refractivity contribution < 1.29 is 9.53 Å². The fourth-order valence-corrected chi connectivity index (χ4v) is 2.36. The second-order valence-electron chi connectivity index (χ2n) is 4.72. The summed E-state index contributed by atoms with van der Waals surface area (Å²) in [6.45, 7) is 3.88. The van der Waals surface area contributed by atoms with Gasteiger partial charge in [0.2, 0.25) is 0 Å². The predicted octanol–water partition coefficient (Wildman–Crippen LogP) is 3.89. The number of methoxy groups -OCH3 is 1. The molecule has 0 aliphatic heterocycles. The van der Waals surface area contributed by atoms with Crippen molar-refractivity contribution in [2.75, 3.05) is 12.8 Å². The van der Waals surface area contributed by atoms with E-state index in [1.54, 1.807) is 25.3 Å². The second-order valence-corrected chi connectivity index (χ2v) is 5.58. The van der Waals surface area contributed by atoms with E-state index in [1.807, 2.05) is 26.0 Å². The van der Waals surface area contributed by atoms with E-state index in [0.29, 0.717) is 22.6 Å². The first-order chi connectivity index (χ1) is 9.43. The van der Waals surface area contributed by atoms with Crippen LogP contribution in [0.15, 0.2) is 34.8 Å². The molecule has 0 aliphatic rings. The molecule has 0 radical (unpaired) electrons. The number of anilines is 1. The van der Waals surface area contributed by atoms with Crippen LogP contribution in [0.2, 0.25) is 0 Å². The number of hydrogen-bond donors (Lipinski definition) is 1. The summed E-state index contributed by atoms with van der Waals surface area (Å²) in [4.78, 5) is 12.7. The van der Waals surface area contributed by atoms with Crippen LogP contribution in [0.1, 0.15) is 27.0 Å². The molecular weight excluding hydrogens is 318 g/mol. The number of ether oxygens (including phenoxy) is 1. The lowest BCUT2D eigenvalue weighted by atomic mass is 9.98. The number of ketones is 1. The smallest absolute Gasteiger partial charge is 0.198 e. The van der Waals surface area contributed by atoms with Crippen LogP contribution >= 0.6 is 15.9 Å². The van der Waals surface area contributed by atoms with Gasteiger partial charge in [-0.05, 0) is 43.7 Å². The summed E-state index contributed by atoms with van der Waals surface area (Å²) in [6, 6.07) is 9.04. The van der Waals surface area contributed by atoms with Crippen molar-refractivity contribution in [3.8, 4) is 5.75 Å². The van der Waals surface area contributed by atoms with Gasteiger partial charge >= 0.3 is 0 Å². The Bertz CT molecular complexity index is 680. The van der Waals surface area contributed by atoms with E-state index in [9.17, 15) is 4.79 Å². The molecule has 2 N–H and O–H groups in total. The largest absolute Gasteiger partial charge is 0.496 e. The second kappa shape index (κ2) is 5.67. The third-order valence-corrected chi connectivity index (χ3v) is 4.03. The van der Waals surface area contributed by atoms with Crippen molar-refractivity contribution in [1.29, 1.82) is 0 Å². The highest BCUT2D eigenvalue weighted by Crippen LogP contribution is 2.30. The van der Waals surface area contributed by atoms with Gasteiger partial charge in [0.25, 0.3) is 0 Å². The van der Waals surface area contributed by atoms with Crippen LogP contribution in [0, 0.1) is 13.8 Å². The summed E-state index contributed by atoms with van der Waals surface area (Å²) in [7, 11) is 1.55. The fraction of sp³-hybridized carbons (Fsp3) is 0.188. The Kier molecular flexibility index (Phi) is 4.14. The molecule has 20 heavy (non-hydrogen) atoms. The molecule has 2 aromatic carbocycles. The Morgan fingerprint density at radius 2 is 1.85 bits per heavy atom. The number of carbonyl (C=O) groups excluding carboxylic acids is 1. The van der Waals surface area contributed by atoms with Crippen LogP contribution < -0.4 is 10.5 Å². The molecule has 0 aromatic heterocycles. The van der Waals surface area contributed by atoms with Gasteiger partial charge in [0.15, 0.2) is 5.78 Å². The van der Waals surface area contributed by atoms with Gasteiger partial charge in [-0.3, -0.25) is 4.79 Å². The first kappa shape index (κ1) is 14.6. The molecule has 104 valence electrons. The minimum Gasteiger partial charge on any atom is -0.496 e. The normalized spacial score (nSPS) is 10.4. The van der Waals surface area contributed by atoms with Crippen LogP contribution in [0.4, 0.5) is 5.69 Å². The van der Waals surface area contributed by atoms with Crippen LogP contribution in [-0.2, 0) is 0 Å². The molecule has 0 bridgehead atoms. The summed E-state index contributed by atoms with van der Waals surface area (Å²) in [5.74, 6) is 0.417. The lowest BCUT2D eigenvalue weighted by Gasteiger charge is -2.12. The Morgan fingerprint density at radius 1 is 1.15 bits per heavy atom. The van der Waals surface area contributed by atoms with E-state index < -0.39 is 0 Å². The molecule has 0 fully saturated rings. The quantitative estimate of drug-likeness (QED) is 0.684. The van der Waals surface area contributed by atoms with Crippen LogP contribution in [0.25, 0.3) is 0 Å². The van der Waals surface area contributed by atoms with Gasteiger partial charge in [-0.25, -0.2) is 0 Å². The van der Waals surface area contributed by atoms with Crippen LogP contribution in [-0.4, -0.2) is 12.9 Å². The molecule has 0 aliphatic carbocycles. The van der Waals surface area contributed by atoms with Crippen molar-refractivity contribution in [2.24, 2.45) is 0 Å². The molecular formula is C16H16BrNO2. The number of nitrogen functional groups attached to an aromatic ring is 1. The lowest BCUT2D eigenvalue weighted by Crippen LogP contribution is -2.08. The molecule has 2 rings (SSSR count). The fourth-order valence-electron chi connectivity index (χ4n) is 2.01. The zero-order valence-corrected chi connectivity index (χ0v) is 13.2. The highest BCUT2D eigenvalue weighted by atomic mass is 79.9. The molecule has 0 unspecified atom stereocenters. The van der Waals surface area contributed by atoms with E-state index in [4.69, 9.17) is 10.5 Å². The molecule has 0 atom stereocenters. The molecule has 2 aromatic rings. The Labute approximate surface area is 126 Å². The summed E-state index contributed by atoms with van der Waals surface area (Å²) >= 11 is 3.44. The van der Waals surface area contributed by atoms with Crippen molar-refractivity contribution >= 4 is 27.4 Å². The molecule has 3 nitrogen and oxygen atoms in total. The Balaban J connectivity index is 2.58. The summed E-state index contributed by atoms with van der Waals surface area (Å²) in [6.07, 6.45) is 0. The zero-order chi connectivity index (χ0) is 14.9. The Morgan fingerprint density at radius 3 is 2.50 bits per heavy atom. The number of hydrogen-bond acceptors (Lipinski definition) is 3. The number of rotatable bonds is 3. The Hall–Kier alpha value is -1.81. The van der Waals surface area contributed by atoms with Gasteiger partial charge in [0, 0.05) is 15.7 Å². The third-order valence-electron chi connectivity index (χ3n) is 3.18. The maximum atomic E-state index is 12.7. The van der Waals surface area contributed by atoms with E-state index in [2.05, 4.69) is 15.9 Å². The van der Waals surface area contributed by atoms with Gasteiger partial charge in [0.1, 0.15) is 5.75 Å². The van der Waals surface area contributed by atoms with Crippen molar-refractivity contribution in [3.05, 3.63) is 57.1 Å². The van der Waals surface area contributed by atoms with Crippen molar-refractivity contribution in [1.82, 2.24) is 0 Å². The monoisotopic (exact) mass is 333 g/mol. The van der Waals surface area contributed by atoms with Crippen LogP contribution in [0.3, 0.4) is 0 Å². The molecule has 0 amide bonds. The summed E-state index contributed by atoms with van der Waals surface area (Å²) in [5, 5.41) is 0. The van der Waals surface area contributed by atoms with Crippen molar-refractivity contribution in [2.45, 2.75) is 13.8 Å². The molecule has 0 saturated heterocycles. The number of carbonyl (C=O) groups is 1. The van der Waals surface area contributed by atoms with Gasteiger partial charge < -0.3 is 10.5 Å². The summed E-state index contributed by atoms with van der Waals surface area (Å²) in [5.41, 5.74) is 9.39. The SMILES string of the molecule is COc1cc(C)c(Br)cc1C(=O)c1cc(C)ccc1N.